The zero-order valence-corrected chi connectivity index (χ0v) is 29.7. The van der Waals surface area contributed by atoms with Crippen molar-refractivity contribution in [3.05, 3.63) is 108 Å². The number of carbonyl (C=O) groups excluding carboxylic acids is 1. The van der Waals surface area contributed by atoms with Crippen LogP contribution in [0.1, 0.15) is 61.5 Å². The van der Waals surface area contributed by atoms with E-state index >= 15 is 0 Å². The van der Waals surface area contributed by atoms with Crippen LogP contribution in [0.5, 0.6) is 17.2 Å². The number of hydrogen-bond donors (Lipinski definition) is 1. The maximum absolute atomic E-state index is 13.2. The van der Waals surface area contributed by atoms with Gasteiger partial charge < -0.3 is 33.5 Å². The van der Waals surface area contributed by atoms with Gasteiger partial charge in [0.05, 0.1) is 38.4 Å². The molecule has 2 N–H and O–H groups in total. The van der Waals surface area contributed by atoms with Gasteiger partial charge in [0.25, 0.3) is 5.91 Å². The van der Waals surface area contributed by atoms with Gasteiger partial charge in [-0.3, -0.25) is 4.79 Å². The summed E-state index contributed by atoms with van der Waals surface area (Å²) in [6.07, 6.45) is 6.99. The van der Waals surface area contributed by atoms with Crippen LogP contribution in [-0.4, -0.2) is 45.9 Å². The van der Waals surface area contributed by atoms with Crippen molar-refractivity contribution in [2.45, 2.75) is 71.6 Å². The number of imidazole rings is 1. The summed E-state index contributed by atoms with van der Waals surface area (Å²) in [6.45, 7) is 3.05. The van der Waals surface area contributed by atoms with E-state index in [2.05, 4.69) is 14.8 Å². The van der Waals surface area contributed by atoms with Gasteiger partial charge in [-0.15, -0.1) is 0 Å². The Morgan fingerprint density at radius 1 is 0.902 bits per heavy atom. The van der Waals surface area contributed by atoms with Crippen LogP contribution in [0.4, 0.5) is 8.78 Å². The highest BCUT2D eigenvalue weighted by molar-refractivity contribution is 7.41. The number of primary amides is 1. The molecule has 1 atom stereocenters. The first-order valence-corrected chi connectivity index (χ1v) is 17.4. The van der Waals surface area contributed by atoms with Crippen molar-refractivity contribution < 1.29 is 41.4 Å². The molecule has 1 saturated carbocycles. The fourth-order valence-corrected chi connectivity index (χ4v) is 5.78. The standard InChI is InChI=1S/C34H35F2N4O7P.C3H6/c1-22(34(2,3)47-48(43-20-23-11-7-5-8-12-23)44-21-24-13-9-6-10-14-24)45-26-17-30-38-19-27(40(30)39-18-26)25-15-28(42-4)31(32(37)41)29(16-25)46-33(35)36;1-2-3-1/h5-19,22,33H,20-21H2,1-4H3,(H2,37,41);1-3H2. The van der Waals surface area contributed by atoms with Gasteiger partial charge in [0.15, 0.2) is 5.65 Å². The molecular weight excluding hydrogens is 681 g/mol. The zero-order chi connectivity index (χ0) is 36.4. The van der Waals surface area contributed by atoms with Crippen LogP contribution in [0.15, 0.2) is 91.3 Å². The minimum atomic E-state index is -3.19. The van der Waals surface area contributed by atoms with Crippen molar-refractivity contribution in [3.8, 4) is 28.5 Å². The Hall–Kier alpha value is -4.68. The molecule has 2 heterocycles. The van der Waals surface area contributed by atoms with E-state index in [0.717, 1.165) is 11.1 Å². The summed E-state index contributed by atoms with van der Waals surface area (Å²) >= 11 is 0. The number of carbonyl (C=O) groups is 1. The molecule has 0 spiro atoms. The van der Waals surface area contributed by atoms with Crippen LogP contribution < -0.4 is 19.9 Å². The molecule has 1 aliphatic rings. The van der Waals surface area contributed by atoms with E-state index in [1.165, 1.54) is 55.4 Å². The lowest BCUT2D eigenvalue weighted by Gasteiger charge is -2.34. The number of nitrogens with zero attached hydrogens (tertiary/aromatic N) is 3. The van der Waals surface area contributed by atoms with Crippen molar-refractivity contribution in [2.24, 2.45) is 5.73 Å². The first-order valence-electron chi connectivity index (χ1n) is 16.3. The van der Waals surface area contributed by atoms with Crippen LogP contribution in [0, 0.1) is 0 Å². The third kappa shape index (κ3) is 10.7. The van der Waals surface area contributed by atoms with E-state index in [1.54, 1.807) is 6.07 Å². The van der Waals surface area contributed by atoms with Crippen LogP contribution in [-0.2, 0) is 26.8 Å². The van der Waals surface area contributed by atoms with Crippen molar-refractivity contribution >= 4 is 20.2 Å². The lowest BCUT2D eigenvalue weighted by Crippen LogP contribution is -2.40. The molecule has 1 amide bonds. The van der Waals surface area contributed by atoms with E-state index in [4.69, 9.17) is 28.8 Å². The number of nitrogens with two attached hydrogens (primary N) is 1. The predicted octanol–water partition coefficient (Wildman–Crippen LogP) is 8.50. The minimum Gasteiger partial charge on any atom is -0.496 e. The van der Waals surface area contributed by atoms with Crippen molar-refractivity contribution in [3.63, 3.8) is 0 Å². The van der Waals surface area contributed by atoms with E-state index in [0.29, 0.717) is 35.9 Å². The summed E-state index contributed by atoms with van der Waals surface area (Å²) in [6, 6.07) is 23.9. The number of hydrogen-bond acceptors (Lipinski definition) is 9. The Bertz CT molecular complexity index is 1830. The van der Waals surface area contributed by atoms with E-state index < -0.39 is 38.6 Å². The summed E-state index contributed by atoms with van der Waals surface area (Å²) in [5.74, 6) is -1.04. The van der Waals surface area contributed by atoms with Gasteiger partial charge >= 0.3 is 15.2 Å². The topological polar surface area (TPSA) is 129 Å². The van der Waals surface area contributed by atoms with Crippen LogP contribution in [0.25, 0.3) is 16.9 Å². The SMILES string of the molecule is C1CC1.COc1cc(-c2cnc3cc(OC(C)C(C)(C)OP(OCc4ccccc4)OCc4ccccc4)cnn23)cc(OC(F)F)c1C(N)=O. The molecule has 1 fully saturated rings. The third-order valence-corrected chi connectivity index (χ3v) is 8.99. The Morgan fingerprint density at radius 2 is 1.49 bits per heavy atom. The highest BCUT2D eigenvalue weighted by Gasteiger charge is 2.34. The number of rotatable bonds is 16. The minimum absolute atomic E-state index is 0.0398. The summed E-state index contributed by atoms with van der Waals surface area (Å²) in [7, 11) is -0.495. The zero-order valence-electron chi connectivity index (χ0n) is 28.8. The van der Waals surface area contributed by atoms with Gasteiger partial charge in [-0.2, -0.15) is 13.9 Å². The van der Waals surface area contributed by atoms with Gasteiger partial charge in [-0.1, -0.05) is 79.9 Å². The normalized spacial score (nSPS) is 13.1. The fraction of sp³-hybridized carbons (Fsp3) is 0.324. The number of fused-ring (bicyclic) bond motifs is 1. The molecule has 1 aliphatic carbocycles. The number of aromatic nitrogens is 3. The van der Waals surface area contributed by atoms with Gasteiger partial charge in [0.1, 0.15) is 34.5 Å². The lowest BCUT2D eigenvalue weighted by atomic mass is 10.0. The smallest absolute Gasteiger partial charge is 0.387 e. The molecule has 11 nitrogen and oxygen atoms in total. The molecule has 51 heavy (non-hydrogen) atoms. The molecule has 14 heteroatoms. The van der Waals surface area contributed by atoms with Crippen molar-refractivity contribution in [2.75, 3.05) is 7.11 Å². The monoisotopic (exact) mass is 722 g/mol. The summed E-state index contributed by atoms with van der Waals surface area (Å²) in [4.78, 5) is 16.4. The van der Waals surface area contributed by atoms with Gasteiger partial charge in [0, 0.05) is 11.6 Å². The van der Waals surface area contributed by atoms with E-state index in [1.807, 2.05) is 81.4 Å². The maximum atomic E-state index is 13.2. The quantitative estimate of drug-likeness (QED) is 0.0997. The molecular formula is C37H41F2N4O7P. The molecule has 1 unspecified atom stereocenters. The predicted molar refractivity (Wildman–Crippen MR) is 189 cm³/mol. The first-order chi connectivity index (χ1) is 24.5. The molecule has 3 aromatic carbocycles. The van der Waals surface area contributed by atoms with Crippen LogP contribution in [0.2, 0.25) is 0 Å². The number of methoxy groups -OCH3 is 1. The second-order valence-electron chi connectivity index (χ2n) is 12.2. The average molecular weight is 723 g/mol. The first kappa shape index (κ1) is 37.6. The second-order valence-corrected chi connectivity index (χ2v) is 13.3. The van der Waals surface area contributed by atoms with Gasteiger partial charge in [-0.05, 0) is 44.0 Å². The van der Waals surface area contributed by atoms with Crippen molar-refractivity contribution in [1.29, 1.82) is 0 Å². The average Bonchev–Trinajstić information content (AvgIpc) is 3.95. The van der Waals surface area contributed by atoms with Gasteiger partial charge in [0.2, 0.25) is 0 Å². The summed E-state index contributed by atoms with van der Waals surface area (Å²) < 4.78 is 62.5. The van der Waals surface area contributed by atoms with Gasteiger partial charge in [-0.25, -0.2) is 9.50 Å². The number of ether oxygens (including phenoxy) is 3. The molecule has 0 aliphatic heterocycles. The van der Waals surface area contributed by atoms with Crippen molar-refractivity contribution in [1.82, 2.24) is 14.6 Å². The lowest BCUT2D eigenvalue weighted by molar-refractivity contribution is -0.0502. The molecule has 0 radical (unpaired) electrons. The van der Waals surface area contributed by atoms with Crippen LogP contribution >= 0.6 is 8.60 Å². The Morgan fingerprint density at radius 3 is 2.02 bits per heavy atom. The molecule has 5 aromatic rings. The second kappa shape index (κ2) is 17.5. The Kier molecular flexibility index (Phi) is 12.9. The fourth-order valence-electron chi connectivity index (χ4n) is 4.56. The third-order valence-electron chi connectivity index (χ3n) is 7.69. The largest absolute Gasteiger partial charge is 0.496 e. The number of alkyl halides is 2. The Balaban J connectivity index is 0.00000159. The molecule has 2 aromatic heterocycles. The number of benzene rings is 3. The number of halogens is 2. The summed E-state index contributed by atoms with van der Waals surface area (Å²) in [5, 5.41) is 4.46. The molecule has 0 saturated heterocycles. The Labute approximate surface area is 296 Å². The molecule has 270 valence electrons. The maximum Gasteiger partial charge on any atom is 0.387 e. The van der Waals surface area contributed by atoms with E-state index in [-0.39, 0.29) is 11.3 Å². The molecule has 6 rings (SSSR count). The van der Waals surface area contributed by atoms with Crippen LogP contribution in [0.3, 0.4) is 0 Å². The highest BCUT2D eigenvalue weighted by atomic mass is 31.2. The molecule has 0 bridgehead atoms. The number of amides is 1. The van der Waals surface area contributed by atoms with E-state index in [9.17, 15) is 13.6 Å². The highest BCUT2D eigenvalue weighted by Crippen LogP contribution is 2.47. The summed E-state index contributed by atoms with van der Waals surface area (Å²) in [5.41, 5.74) is 7.37.